The van der Waals surface area contributed by atoms with Crippen molar-refractivity contribution in [3.63, 3.8) is 0 Å². The van der Waals surface area contributed by atoms with E-state index < -0.39 is 6.10 Å². The van der Waals surface area contributed by atoms with Gasteiger partial charge in [0.1, 0.15) is 14.0 Å². The summed E-state index contributed by atoms with van der Waals surface area (Å²) >= 11 is 1.63. The molecular formula is C21H25BO3S. The molecule has 136 valence electrons. The maximum Gasteiger partial charge on any atom is 0.163 e. The molecule has 0 saturated carbocycles. The molecule has 3 nitrogen and oxygen atoms in total. The van der Waals surface area contributed by atoms with Gasteiger partial charge in [-0.2, -0.15) is 0 Å². The van der Waals surface area contributed by atoms with Crippen LogP contribution in [0.15, 0.2) is 36.4 Å². The Bertz CT molecular complexity index is 871. The van der Waals surface area contributed by atoms with Gasteiger partial charge < -0.3 is 14.6 Å². The van der Waals surface area contributed by atoms with Crippen molar-refractivity contribution in [2.45, 2.75) is 32.8 Å². The highest BCUT2D eigenvalue weighted by molar-refractivity contribution is 7.19. The van der Waals surface area contributed by atoms with Crippen LogP contribution in [-0.2, 0) is 0 Å². The van der Waals surface area contributed by atoms with Gasteiger partial charge in [-0.15, -0.1) is 11.3 Å². The van der Waals surface area contributed by atoms with Crippen LogP contribution in [0.3, 0.4) is 0 Å². The number of methoxy groups -OCH3 is 1. The van der Waals surface area contributed by atoms with Crippen LogP contribution in [0.5, 0.6) is 11.5 Å². The first-order valence-electron chi connectivity index (χ1n) is 9.04. The van der Waals surface area contributed by atoms with Crippen LogP contribution in [-0.4, -0.2) is 26.7 Å². The smallest absolute Gasteiger partial charge is 0.163 e. The zero-order chi connectivity index (χ0) is 18.7. The lowest BCUT2D eigenvalue weighted by atomic mass is 9.88. The number of benzene rings is 2. The number of thiophene rings is 1. The Morgan fingerprint density at radius 3 is 2.65 bits per heavy atom. The number of rotatable bonds is 7. The van der Waals surface area contributed by atoms with Crippen molar-refractivity contribution >= 4 is 34.7 Å². The van der Waals surface area contributed by atoms with E-state index in [-0.39, 0.29) is 0 Å². The molecule has 1 unspecified atom stereocenters. The normalized spacial score (nSPS) is 12.3. The van der Waals surface area contributed by atoms with Crippen LogP contribution in [0.25, 0.3) is 10.1 Å². The average molecular weight is 368 g/mol. The van der Waals surface area contributed by atoms with E-state index in [1.165, 1.54) is 4.70 Å². The summed E-state index contributed by atoms with van der Waals surface area (Å²) in [6, 6.07) is 12.3. The molecule has 0 aliphatic rings. The number of ether oxygens (including phenoxy) is 2. The van der Waals surface area contributed by atoms with Crippen LogP contribution >= 0.6 is 11.3 Å². The SMILES string of the molecule is Bc1cc(C(O)c2cc3ccccc3s2)c(C)c(OC)c1OCCCC. The van der Waals surface area contributed by atoms with E-state index in [1.54, 1.807) is 18.4 Å². The number of fused-ring (bicyclic) bond motifs is 1. The van der Waals surface area contributed by atoms with Gasteiger partial charge in [0, 0.05) is 15.1 Å². The summed E-state index contributed by atoms with van der Waals surface area (Å²) in [6.45, 7) is 4.80. The molecule has 0 aliphatic heterocycles. The maximum absolute atomic E-state index is 11.0. The zero-order valence-electron chi connectivity index (χ0n) is 15.8. The fourth-order valence-electron chi connectivity index (χ4n) is 3.21. The Kier molecular flexibility index (Phi) is 5.89. The summed E-state index contributed by atoms with van der Waals surface area (Å²) in [5.41, 5.74) is 2.78. The fourth-order valence-corrected chi connectivity index (χ4v) is 4.28. The molecular weight excluding hydrogens is 343 g/mol. The van der Waals surface area contributed by atoms with Crippen molar-refractivity contribution in [2.75, 3.05) is 13.7 Å². The Balaban J connectivity index is 1.99. The van der Waals surface area contributed by atoms with Gasteiger partial charge in [0.15, 0.2) is 11.5 Å². The monoisotopic (exact) mass is 368 g/mol. The average Bonchev–Trinajstić information content (AvgIpc) is 3.08. The fraction of sp³-hybridized carbons (Fsp3) is 0.333. The second kappa shape index (κ2) is 8.15. The molecule has 0 bridgehead atoms. The molecule has 26 heavy (non-hydrogen) atoms. The van der Waals surface area contributed by atoms with Crippen LogP contribution in [0, 0.1) is 6.92 Å². The summed E-state index contributed by atoms with van der Waals surface area (Å²) in [5.74, 6) is 1.50. The third-order valence-corrected chi connectivity index (χ3v) is 5.84. The summed E-state index contributed by atoms with van der Waals surface area (Å²) in [7, 11) is 3.66. The second-order valence-corrected chi connectivity index (χ2v) is 7.68. The molecule has 0 spiro atoms. The third kappa shape index (κ3) is 3.60. The van der Waals surface area contributed by atoms with Crippen molar-refractivity contribution in [1.29, 1.82) is 0 Å². The number of hydrogen-bond acceptors (Lipinski definition) is 4. The number of aliphatic hydroxyl groups is 1. The molecule has 1 N–H and O–H groups in total. The van der Waals surface area contributed by atoms with E-state index in [4.69, 9.17) is 9.47 Å². The van der Waals surface area contributed by atoms with E-state index in [0.717, 1.165) is 51.2 Å². The third-order valence-electron chi connectivity index (χ3n) is 4.67. The molecule has 0 amide bonds. The quantitative estimate of drug-likeness (QED) is 0.510. The first-order chi connectivity index (χ1) is 12.6. The Labute approximate surface area is 160 Å². The van der Waals surface area contributed by atoms with Crippen molar-refractivity contribution in [2.24, 2.45) is 0 Å². The van der Waals surface area contributed by atoms with Gasteiger partial charge in [0.2, 0.25) is 0 Å². The topological polar surface area (TPSA) is 38.7 Å². The number of aliphatic hydroxyl groups excluding tert-OH is 1. The highest BCUT2D eigenvalue weighted by atomic mass is 32.1. The molecule has 0 fully saturated rings. The van der Waals surface area contributed by atoms with Crippen molar-refractivity contribution in [1.82, 2.24) is 0 Å². The first kappa shape index (κ1) is 18.8. The van der Waals surface area contributed by atoms with Gasteiger partial charge in [-0.3, -0.25) is 0 Å². The molecule has 5 heteroatoms. The van der Waals surface area contributed by atoms with Crippen LogP contribution in [0.4, 0.5) is 0 Å². The van der Waals surface area contributed by atoms with Gasteiger partial charge in [0.05, 0.1) is 13.7 Å². The lowest BCUT2D eigenvalue weighted by Gasteiger charge is -2.21. The van der Waals surface area contributed by atoms with Crippen molar-refractivity contribution < 1.29 is 14.6 Å². The second-order valence-electron chi connectivity index (χ2n) is 6.56. The minimum absolute atomic E-state index is 0.672. The van der Waals surface area contributed by atoms with Gasteiger partial charge in [-0.25, -0.2) is 0 Å². The summed E-state index contributed by atoms with van der Waals surface area (Å²) in [6.07, 6.45) is 1.42. The van der Waals surface area contributed by atoms with E-state index in [0.29, 0.717) is 6.61 Å². The Hall–Kier alpha value is -1.98. The van der Waals surface area contributed by atoms with E-state index in [1.807, 2.05) is 33.0 Å². The summed E-state index contributed by atoms with van der Waals surface area (Å²) < 4.78 is 12.8. The molecule has 0 radical (unpaired) electrons. The van der Waals surface area contributed by atoms with Gasteiger partial charge in [0.25, 0.3) is 0 Å². The summed E-state index contributed by atoms with van der Waals surface area (Å²) in [5, 5.41) is 12.2. The highest BCUT2D eigenvalue weighted by Gasteiger charge is 2.22. The van der Waals surface area contributed by atoms with E-state index >= 15 is 0 Å². The first-order valence-corrected chi connectivity index (χ1v) is 9.85. The van der Waals surface area contributed by atoms with Gasteiger partial charge >= 0.3 is 0 Å². The molecule has 2 aromatic carbocycles. The molecule has 1 aromatic heterocycles. The van der Waals surface area contributed by atoms with Crippen molar-refractivity contribution in [3.05, 3.63) is 52.4 Å². The number of hydrogen-bond donors (Lipinski definition) is 1. The molecule has 3 aromatic rings. The lowest BCUT2D eigenvalue weighted by Crippen LogP contribution is -2.16. The Morgan fingerprint density at radius 1 is 1.19 bits per heavy atom. The van der Waals surface area contributed by atoms with Gasteiger partial charge in [-0.1, -0.05) is 37.6 Å². The van der Waals surface area contributed by atoms with Crippen LogP contribution < -0.4 is 14.9 Å². The predicted molar refractivity (Wildman–Crippen MR) is 112 cm³/mol. The minimum atomic E-state index is -0.676. The van der Waals surface area contributed by atoms with Crippen LogP contribution in [0.2, 0.25) is 0 Å². The highest BCUT2D eigenvalue weighted by Crippen LogP contribution is 2.38. The minimum Gasteiger partial charge on any atom is -0.493 e. The predicted octanol–water partition coefficient (Wildman–Crippen LogP) is 3.74. The maximum atomic E-state index is 11.0. The molecule has 3 rings (SSSR count). The van der Waals surface area contributed by atoms with Crippen LogP contribution in [0.1, 0.15) is 41.9 Å². The summed E-state index contributed by atoms with van der Waals surface area (Å²) in [4.78, 5) is 0.940. The molecule has 0 aliphatic carbocycles. The van der Waals surface area contributed by atoms with Gasteiger partial charge in [-0.05, 0) is 41.9 Å². The van der Waals surface area contributed by atoms with Crippen molar-refractivity contribution in [3.8, 4) is 11.5 Å². The van der Waals surface area contributed by atoms with E-state index in [2.05, 4.69) is 25.1 Å². The molecule has 0 saturated heterocycles. The molecule has 1 atom stereocenters. The molecule has 1 heterocycles. The number of unbranched alkanes of at least 4 members (excludes halogenated alkanes) is 1. The largest absolute Gasteiger partial charge is 0.493 e. The van der Waals surface area contributed by atoms with E-state index in [9.17, 15) is 5.11 Å². The lowest BCUT2D eigenvalue weighted by molar-refractivity contribution is 0.222. The zero-order valence-corrected chi connectivity index (χ0v) is 16.7. The standard InChI is InChI=1S/C21H25BO3S/c1-4-5-10-25-21-16(22)12-15(13(2)20(21)24-3)19(23)18-11-14-8-6-7-9-17(14)26-18/h6-9,11-12,19,23H,4-5,10,22H2,1-3H3. The Morgan fingerprint density at radius 2 is 1.96 bits per heavy atom.